The third-order valence-electron chi connectivity index (χ3n) is 5.81. The molecule has 0 spiro atoms. The highest BCUT2D eigenvalue weighted by Gasteiger charge is 2.09. The van der Waals surface area contributed by atoms with Crippen molar-refractivity contribution in [1.29, 1.82) is 0 Å². The van der Waals surface area contributed by atoms with Crippen molar-refractivity contribution in [3.05, 3.63) is 90.3 Å². The molecule has 0 bridgehead atoms. The highest BCUT2D eigenvalue weighted by molar-refractivity contribution is 5.79. The molecule has 0 unspecified atom stereocenters. The molecule has 0 saturated carbocycles. The van der Waals surface area contributed by atoms with Gasteiger partial charge in [0.05, 0.1) is 24.0 Å². The second-order valence-electron chi connectivity index (χ2n) is 8.21. The minimum absolute atomic E-state index is 0.0678. The monoisotopic (exact) mass is 435 g/mol. The number of carbonyl (C=O) groups is 1. The molecule has 1 amide bonds. The van der Waals surface area contributed by atoms with Crippen LogP contribution in [0.2, 0.25) is 0 Å². The summed E-state index contributed by atoms with van der Waals surface area (Å²) in [6.07, 6.45) is 9.85. The summed E-state index contributed by atoms with van der Waals surface area (Å²) in [4.78, 5) is 17.0. The van der Waals surface area contributed by atoms with Crippen molar-refractivity contribution in [2.75, 3.05) is 6.54 Å². The SMILES string of the molecule is C#CCn1c(CCCCCNC(=O)Cc2ccc(-c3ccccc3)cc2)nc2ccccc21. The number of nitrogens with zero attached hydrogens (tertiary/aromatic N) is 2. The fraction of sp³-hybridized carbons (Fsp3) is 0.241. The number of hydrogen-bond acceptors (Lipinski definition) is 2. The van der Waals surface area contributed by atoms with Crippen molar-refractivity contribution in [2.45, 2.75) is 38.6 Å². The van der Waals surface area contributed by atoms with Crippen LogP contribution in [0.1, 0.15) is 30.7 Å². The topological polar surface area (TPSA) is 46.9 Å². The molecule has 0 aliphatic heterocycles. The molecule has 0 aliphatic rings. The molecule has 1 aromatic heterocycles. The van der Waals surface area contributed by atoms with Gasteiger partial charge in [0.15, 0.2) is 0 Å². The first kappa shape index (κ1) is 22.4. The number of para-hydroxylation sites is 2. The zero-order chi connectivity index (χ0) is 22.9. The molecule has 1 N–H and O–H groups in total. The maximum Gasteiger partial charge on any atom is 0.224 e. The van der Waals surface area contributed by atoms with Crippen LogP contribution < -0.4 is 5.32 Å². The summed E-state index contributed by atoms with van der Waals surface area (Å²) in [5.41, 5.74) is 5.46. The summed E-state index contributed by atoms with van der Waals surface area (Å²) in [7, 11) is 0. The van der Waals surface area contributed by atoms with Crippen LogP contribution in [-0.2, 0) is 24.2 Å². The number of benzene rings is 3. The molecular weight excluding hydrogens is 406 g/mol. The van der Waals surface area contributed by atoms with Gasteiger partial charge in [-0.05, 0) is 41.7 Å². The summed E-state index contributed by atoms with van der Waals surface area (Å²) >= 11 is 0. The van der Waals surface area contributed by atoms with Gasteiger partial charge in [0, 0.05) is 13.0 Å². The van der Waals surface area contributed by atoms with Crippen molar-refractivity contribution in [2.24, 2.45) is 0 Å². The lowest BCUT2D eigenvalue weighted by molar-refractivity contribution is -0.120. The van der Waals surface area contributed by atoms with Crippen LogP contribution in [0.3, 0.4) is 0 Å². The van der Waals surface area contributed by atoms with Gasteiger partial charge in [0.1, 0.15) is 5.82 Å². The average Bonchev–Trinajstić information content (AvgIpc) is 3.20. The van der Waals surface area contributed by atoms with E-state index in [1.54, 1.807) is 0 Å². The lowest BCUT2D eigenvalue weighted by Crippen LogP contribution is -2.26. The molecule has 0 radical (unpaired) electrons. The minimum Gasteiger partial charge on any atom is -0.356 e. The first-order valence-corrected chi connectivity index (χ1v) is 11.5. The Labute approximate surface area is 195 Å². The fourth-order valence-electron chi connectivity index (χ4n) is 4.09. The second-order valence-corrected chi connectivity index (χ2v) is 8.21. The molecule has 0 aliphatic carbocycles. The molecule has 33 heavy (non-hydrogen) atoms. The van der Waals surface area contributed by atoms with E-state index in [0.29, 0.717) is 19.5 Å². The van der Waals surface area contributed by atoms with Crippen LogP contribution in [0.15, 0.2) is 78.9 Å². The Kier molecular flexibility index (Phi) is 7.56. The number of rotatable bonds is 10. The molecule has 4 nitrogen and oxygen atoms in total. The summed E-state index contributed by atoms with van der Waals surface area (Å²) < 4.78 is 2.13. The third-order valence-corrected chi connectivity index (χ3v) is 5.81. The Morgan fingerprint density at radius 1 is 0.879 bits per heavy atom. The van der Waals surface area contributed by atoms with Crippen molar-refractivity contribution in [3.63, 3.8) is 0 Å². The molecule has 4 rings (SSSR count). The van der Waals surface area contributed by atoms with Crippen molar-refractivity contribution < 1.29 is 4.79 Å². The molecule has 0 fully saturated rings. The Balaban J connectivity index is 1.18. The quantitative estimate of drug-likeness (QED) is 0.267. The van der Waals surface area contributed by atoms with Gasteiger partial charge < -0.3 is 9.88 Å². The Morgan fingerprint density at radius 3 is 2.39 bits per heavy atom. The molecule has 3 aromatic carbocycles. The van der Waals surface area contributed by atoms with E-state index >= 15 is 0 Å². The van der Waals surface area contributed by atoms with Gasteiger partial charge in [-0.15, -0.1) is 6.42 Å². The number of aromatic nitrogens is 2. The zero-order valence-electron chi connectivity index (χ0n) is 18.8. The van der Waals surface area contributed by atoms with Crippen LogP contribution in [0, 0.1) is 12.3 Å². The van der Waals surface area contributed by atoms with E-state index in [0.717, 1.165) is 53.7 Å². The highest BCUT2D eigenvalue weighted by Crippen LogP contribution is 2.20. The van der Waals surface area contributed by atoms with Crippen LogP contribution in [0.4, 0.5) is 0 Å². The summed E-state index contributed by atoms with van der Waals surface area (Å²) in [6, 6.07) is 26.6. The predicted molar refractivity (Wildman–Crippen MR) is 135 cm³/mol. The molecular formula is C29H29N3O. The van der Waals surface area contributed by atoms with E-state index in [4.69, 9.17) is 11.4 Å². The third kappa shape index (κ3) is 5.90. The summed E-state index contributed by atoms with van der Waals surface area (Å²) in [5, 5.41) is 3.04. The second kappa shape index (κ2) is 11.2. The van der Waals surface area contributed by atoms with Gasteiger partial charge in [-0.1, -0.05) is 79.1 Å². The van der Waals surface area contributed by atoms with Gasteiger partial charge >= 0.3 is 0 Å². The lowest BCUT2D eigenvalue weighted by atomic mass is 10.0. The summed E-state index contributed by atoms with van der Waals surface area (Å²) in [6.45, 7) is 1.24. The highest BCUT2D eigenvalue weighted by atomic mass is 16.1. The number of terminal acetylenes is 1. The number of hydrogen-bond donors (Lipinski definition) is 1. The number of amides is 1. The van der Waals surface area contributed by atoms with Crippen molar-refractivity contribution in [1.82, 2.24) is 14.9 Å². The first-order valence-electron chi connectivity index (χ1n) is 11.5. The Hall–Kier alpha value is -3.84. The van der Waals surface area contributed by atoms with Gasteiger partial charge in [-0.2, -0.15) is 0 Å². The normalized spacial score (nSPS) is 10.8. The average molecular weight is 436 g/mol. The zero-order valence-corrected chi connectivity index (χ0v) is 18.8. The van der Waals surface area contributed by atoms with Gasteiger partial charge in [-0.25, -0.2) is 4.98 Å². The molecule has 1 heterocycles. The standard InChI is InChI=1S/C29H29N3O/c1-2-21-32-27-14-9-8-13-26(27)31-28(32)15-7-4-10-20-30-29(33)22-23-16-18-25(19-17-23)24-11-5-3-6-12-24/h1,3,5-6,8-9,11-14,16-19H,4,7,10,15,20-22H2,(H,30,33). The molecule has 0 saturated heterocycles. The Morgan fingerprint density at radius 2 is 1.61 bits per heavy atom. The largest absolute Gasteiger partial charge is 0.356 e. The van der Waals surface area contributed by atoms with Crippen LogP contribution in [0.25, 0.3) is 22.2 Å². The number of unbranched alkanes of at least 4 members (excludes halogenated alkanes) is 2. The predicted octanol–water partition coefficient (Wildman–Crippen LogP) is 5.41. The summed E-state index contributed by atoms with van der Waals surface area (Å²) in [5.74, 6) is 3.84. The van der Waals surface area contributed by atoms with E-state index in [1.165, 1.54) is 5.56 Å². The van der Waals surface area contributed by atoms with E-state index < -0.39 is 0 Å². The Bertz CT molecular complexity index is 1230. The number of aryl methyl sites for hydroxylation is 1. The molecule has 4 aromatic rings. The van der Waals surface area contributed by atoms with Crippen LogP contribution >= 0.6 is 0 Å². The molecule has 4 heteroatoms. The maximum atomic E-state index is 12.3. The fourth-order valence-corrected chi connectivity index (χ4v) is 4.09. The van der Waals surface area contributed by atoms with Crippen LogP contribution in [-0.4, -0.2) is 22.0 Å². The number of nitrogens with one attached hydrogen (secondary N) is 1. The van der Waals surface area contributed by atoms with Gasteiger partial charge in [-0.3, -0.25) is 4.79 Å². The first-order chi connectivity index (χ1) is 16.2. The molecule has 0 atom stereocenters. The van der Waals surface area contributed by atoms with Gasteiger partial charge in [0.25, 0.3) is 0 Å². The number of fused-ring (bicyclic) bond motifs is 1. The van der Waals surface area contributed by atoms with Gasteiger partial charge in [0.2, 0.25) is 5.91 Å². The number of carbonyl (C=O) groups excluding carboxylic acids is 1. The van der Waals surface area contributed by atoms with E-state index in [1.807, 2.05) is 48.5 Å². The van der Waals surface area contributed by atoms with Crippen molar-refractivity contribution >= 4 is 16.9 Å². The van der Waals surface area contributed by atoms with Crippen molar-refractivity contribution in [3.8, 4) is 23.5 Å². The lowest BCUT2D eigenvalue weighted by Gasteiger charge is -2.07. The number of imidazole rings is 1. The smallest absolute Gasteiger partial charge is 0.224 e. The van der Waals surface area contributed by atoms with Crippen LogP contribution in [0.5, 0.6) is 0 Å². The van der Waals surface area contributed by atoms with E-state index in [2.05, 4.69) is 46.1 Å². The minimum atomic E-state index is 0.0678. The van der Waals surface area contributed by atoms with E-state index in [-0.39, 0.29) is 5.91 Å². The van der Waals surface area contributed by atoms with E-state index in [9.17, 15) is 4.79 Å². The molecule has 166 valence electrons. The maximum absolute atomic E-state index is 12.3.